The normalized spacial score (nSPS) is 12.3. The second-order valence-corrected chi connectivity index (χ2v) is 14.2. The van der Waals surface area contributed by atoms with Crippen LogP contribution in [-0.2, 0) is 0 Å². The van der Waals surface area contributed by atoms with Gasteiger partial charge in [-0.05, 0) is 39.6 Å². The minimum Gasteiger partial charge on any atom is -0.309 e. The molecular formula is C30H34NP. The van der Waals surface area contributed by atoms with Crippen molar-refractivity contribution in [3.63, 3.8) is 0 Å². The molecule has 4 rings (SSSR count). The van der Waals surface area contributed by atoms with Crippen LogP contribution in [0.1, 0.15) is 41.5 Å². The van der Waals surface area contributed by atoms with Gasteiger partial charge >= 0.3 is 0 Å². The molecule has 0 amide bonds. The van der Waals surface area contributed by atoms with Crippen molar-refractivity contribution in [2.75, 3.05) is 0 Å². The van der Waals surface area contributed by atoms with Crippen molar-refractivity contribution in [1.29, 1.82) is 0 Å². The van der Waals surface area contributed by atoms with Crippen LogP contribution in [0.4, 0.5) is 0 Å². The fraction of sp³-hybridized carbons (Fsp3) is 0.267. The number of hydrogen-bond acceptors (Lipinski definition) is 0. The molecule has 3 aromatic carbocycles. The first-order valence-electron chi connectivity index (χ1n) is 11.4. The van der Waals surface area contributed by atoms with Gasteiger partial charge in [0.05, 0.1) is 17.1 Å². The molecule has 1 heterocycles. The Labute approximate surface area is 194 Å². The average Bonchev–Trinajstić information content (AvgIpc) is 3.18. The zero-order valence-corrected chi connectivity index (χ0v) is 21.0. The predicted octanol–water partition coefficient (Wildman–Crippen LogP) is 8.52. The molecule has 4 aromatic rings. The smallest absolute Gasteiger partial charge is 0.0539 e. The van der Waals surface area contributed by atoms with Gasteiger partial charge in [-0.1, -0.05) is 128 Å². The van der Waals surface area contributed by atoms with Crippen LogP contribution < -0.4 is 5.30 Å². The predicted molar refractivity (Wildman–Crippen MR) is 143 cm³/mol. The zero-order chi connectivity index (χ0) is 22.9. The first-order valence-corrected chi connectivity index (χ1v) is 12.7. The summed E-state index contributed by atoms with van der Waals surface area (Å²) in [5.74, 6) is 0. The molecule has 0 fully saturated rings. The SMILES string of the molecule is CC(C)(C)P(c1ccccc1-n1c(-c2ccccc2)ccc1-c1ccccc1)C(C)(C)C. The molecule has 2 heteroatoms. The van der Waals surface area contributed by atoms with Crippen LogP contribution in [0.5, 0.6) is 0 Å². The largest absolute Gasteiger partial charge is 0.309 e. The van der Waals surface area contributed by atoms with Gasteiger partial charge in [-0.15, -0.1) is 0 Å². The summed E-state index contributed by atoms with van der Waals surface area (Å²) in [7, 11) is -0.447. The van der Waals surface area contributed by atoms with E-state index in [1.165, 1.54) is 33.5 Å². The third-order valence-electron chi connectivity index (χ3n) is 5.73. The molecular weight excluding hydrogens is 405 g/mol. The summed E-state index contributed by atoms with van der Waals surface area (Å²) < 4.78 is 2.48. The molecule has 1 aromatic heterocycles. The quantitative estimate of drug-likeness (QED) is 0.281. The van der Waals surface area contributed by atoms with Crippen molar-refractivity contribution in [2.45, 2.75) is 51.9 Å². The molecule has 0 bridgehead atoms. The molecule has 0 spiro atoms. The van der Waals surface area contributed by atoms with E-state index in [9.17, 15) is 0 Å². The van der Waals surface area contributed by atoms with Crippen LogP contribution in [0.2, 0.25) is 0 Å². The van der Waals surface area contributed by atoms with Crippen LogP contribution in [0.15, 0.2) is 97.1 Å². The fourth-order valence-corrected chi connectivity index (χ4v) is 9.03. The maximum atomic E-state index is 2.48. The summed E-state index contributed by atoms with van der Waals surface area (Å²) in [6.45, 7) is 14.4. The standard InChI is InChI=1S/C30H34NP/c1-29(2,3)32(30(4,5)6)28-20-14-13-19-27(28)31-25(23-15-9-7-10-16-23)21-22-26(31)24-17-11-8-12-18-24/h7-22H,1-6H3. The Hall–Kier alpha value is -2.63. The molecule has 0 atom stereocenters. The second kappa shape index (κ2) is 8.72. The highest BCUT2D eigenvalue weighted by atomic mass is 31.1. The van der Waals surface area contributed by atoms with E-state index in [2.05, 4.69) is 143 Å². The molecule has 0 unspecified atom stereocenters. The van der Waals surface area contributed by atoms with E-state index in [4.69, 9.17) is 0 Å². The lowest BCUT2D eigenvalue weighted by atomic mass is 10.1. The molecule has 0 N–H and O–H groups in total. The van der Waals surface area contributed by atoms with E-state index >= 15 is 0 Å². The summed E-state index contributed by atoms with van der Waals surface area (Å²) in [6, 6.07) is 35.1. The lowest BCUT2D eigenvalue weighted by Crippen LogP contribution is -2.32. The van der Waals surface area contributed by atoms with Crippen molar-refractivity contribution < 1.29 is 0 Å². The minimum absolute atomic E-state index is 0.191. The molecule has 0 aliphatic carbocycles. The van der Waals surface area contributed by atoms with E-state index < -0.39 is 7.92 Å². The van der Waals surface area contributed by atoms with Crippen LogP contribution in [0, 0.1) is 0 Å². The first kappa shape index (κ1) is 22.6. The molecule has 0 saturated carbocycles. The van der Waals surface area contributed by atoms with E-state index in [0.717, 1.165) is 0 Å². The maximum Gasteiger partial charge on any atom is 0.0539 e. The summed E-state index contributed by atoms with van der Waals surface area (Å²) in [6.07, 6.45) is 0. The topological polar surface area (TPSA) is 4.93 Å². The monoisotopic (exact) mass is 439 g/mol. The van der Waals surface area contributed by atoms with Crippen molar-refractivity contribution in [2.24, 2.45) is 0 Å². The first-order chi connectivity index (χ1) is 15.2. The van der Waals surface area contributed by atoms with Crippen LogP contribution >= 0.6 is 7.92 Å². The Morgan fingerprint density at radius 2 is 0.906 bits per heavy atom. The van der Waals surface area contributed by atoms with Crippen LogP contribution in [0.3, 0.4) is 0 Å². The van der Waals surface area contributed by atoms with Gasteiger partial charge in [0.15, 0.2) is 0 Å². The third-order valence-corrected chi connectivity index (χ3v) is 9.27. The van der Waals surface area contributed by atoms with E-state index in [-0.39, 0.29) is 10.3 Å². The molecule has 164 valence electrons. The van der Waals surface area contributed by atoms with Gasteiger partial charge in [0.1, 0.15) is 0 Å². The van der Waals surface area contributed by atoms with Gasteiger partial charge in [-0.25, -0.2) is 0 Å². The van der Waals surface area contributed by atoms with Crippen molar-refractivity contribution in [3.05, 3.63) is 97.1 Å². The lowest BCUT2D eigenvalue weighted by Gasteiger charge is -2.42. The fourth-order valence-electron chi connectivity index (χ4n) is 4.94. The number of aromatic nitrogens is 1. The summed E-state index contributed by atoms with van der Waals surface area (Å²) in [5, 5.41) is 1.85. The number of nitrogens with zero attached hydrogens (tertiary/aromatic N) is 1. The molecule has 0 saturated heterocycles. The van der Waals surface area contributed by atoms with E-state index in [1.54, 1.807) is 0 Å². The molecule has 0 radical (unpaired) electrons. The van der Waals surface area contributed by atoms with E-state index in [0.29, 0.717) is 0 Å². The number of benzene rings is 3. The highest BCUT2D eigenvalue weighted by Crippen LogP contribution is 2.59. The molecule has 32 heavy (non-hydrogen) atoms. The lowest BCUT2D eigenvalue weighted by molar-refractivity contribution is 0.714. The number of hydrogen-bond donors (Lipinski definition) is 0. The Kier molecular flexibility index (Phi) is 6.15. The molecule has 0 aliphatic heterocycles. The number of rotatable bonds is 4. The Balaban J connectivity index is 2.04. The van der Waals surface area contributed by atoms with Crippen molar-refractivity contribution in [1.82, 2.24) is 4.57 Å². The Bertz CT molecular complexity index is 1100. The Morgan fingerprint density at radius 3 is 1.34 bits per heavy atom. The summed E-state index contributed by atoms with van der Waals surface area (Å²) in [5.41, 5.74) is 6.23. The third kappa shape index (κ3) is 4.45. The van der Waals surface area contributed by atoms with Gasteiger partial charge in [0.2, 0.25) is 0 Å². The van der Waals surface area contributed by atoms with Gasteiger partial charge in [0.25, 0.3) is 0 Å². The van der Waals surface area contributed by atoms with Gasteiger partial charge < -0.3 is 4.57 Å². The van der Waals surface area contributed by atoms with E-state index in [1.807, 2.05) is 0 Å². The van der Waals surface area contributed by atoms with Crippen molar-refractivity contribution in [3.8, 4) is 28.2 Å². The summed E-state index contributed by atoms with van der Waals surface area (Å²) in [4.78, 5) is 0. The van der Waals surface area contributed by atoms with Crippen molar-refractivity contribution >= 4 is 13.2 Å². The number of para-hydroxylation sites is 1. The summed E-state index contributed by atoms with van der Waals surface area (Å²) >= 11 is 0. The average molecular weight is 440 g/mol. The van der Waals surface area contributed by atoms with Gasteiger partial charge in [-0.2, -0.15) is 0 Å². The highest BCUT2D eigenvalue weighted by Gasteiger charge is 2.37. The zero-order valence-electron chi connectivity index (χ0n) is 20.1. The van der Waals surface area contributed by atoms with Gasteiger partial charge in [-0.3, -0.25) is 0 Å². The Morgan fingerprint density at radius 1 is 0.500 bits per heavy atom. The van der Waals surface area contributed by atoms with Crippen LogP contribution in [-0.4, -0.2) is 14.9 Å². The van der Waals surface area contributed by atoms with Crippen LogP contribution in [0.25, 0.3) is 28.2 Å². The maximum absolute atomic E-state index is 2.48. The molecule has 1 nitrogen and oxygen atoms in total. The second-order valence-electron chi connectivity index (χ2n) is 10.3. The highest BCUT2D eigenvalue weighted by molar-refractivity contribution is 7.68. The van der Waals surface area contributed by atoms with Gasteiger partial charge in [0, 0.05) is 5.30 Å². The minimum atomic E-state index is -0.447. The molecule has 0 aliphatic rings.